The van der Waals surface area contributed by atoms with E-state index in [0.717, 1.165) is 12.8 Å². The summed E-state index contributed by atoms with van der Waals surface area (Å²) in [6, 6.07) is 0. The molecule has 0 aliphatic heterocycles. The molecule has 0 radical (unpaired) electrons. The molecule has 0 unspecified atom stereocenters. The number of amides is 1. The molecule has 126 valence electrons. The molecule has 0 aromatic carbocycles. The van der Waals surface area contributed by atoms with Crippen molar-refractivity contribution in [1.29, 1.82) is 0 Å². The number of hydroxylamine groups is 1. The molecule has 0 heterocycles. The molecule has 0 atom stereocenters. The summed E-state index contributed by atoms with van der Waals surface area (Å²) >= 11 is 0. The Labute approximate surface area is 131 Å². The molecular weight excluding hydrogens is 264 g/mol. The molecule has 0 rings (SSSR count). The number of hydrogen-bond donors (Lipinski definition) is 2. The number of carbonyl (C=O) groups excluding carboxylic acids is 1. The van der Waals surface area contributed by atoms with E-state index in [1.165, 1.54) is 57.8 Å². The fourth-order valence-corrected chi connectivity index (χ4v) is 2.43. The molecule has 0 aliphatic rings. The largest absolute Gasteiger partial charge is 0.788 e. The van der Waals surface area contributed by atoms with Gasteiger partial charge in [0.25, 0.3) is 0 Å². The highest BCUT2D eigenvalue weighted by Gasteiger charge is 1.99. The van der Waals surface area contributed by atoms with Gasteiger partial charge in [-0.2, -0.15) is 0 Å². The van der Waals surface area contributed by atoms with Crippen molar-refractivity contribution in [2.24, 2.45) is 0 Å². The van der Waals surface area contributed by atoms with Crippen molar-refractivity contribution < 1.29 is 4.79 Å². The Morgan fingerprint density at radius 3 is 1.81 bits per heavy atom. The number of carbonyl (C=O) groups is 1. The van der Waals surface area contributed by atoms with Crippen LogP contribution in [-0.2, 0) is 4.79 Å². The minimum Gasteiger partial charge on any atom is -0.788 e. The van der Waals surface area contributed by atoms with Crippen molar-refractivity contribution in [3.63, 3.8) is 0 Å². The van der Waals surface area contributed by atoms with Crippen LogP contribution >= 0.6 is 0 Å². The first kappa shape index (κ1) is 20.4. The average Bonchev–Trinajstić information content (AvgIpc) is 2.49. The summed E-state index contributed by atoms with van der Waals surface area (Å²) in [6.45, 7) is 3.27. The normalized spacial score (nSPS) is 10.8. The van der Waals surface area contributed by atoms with Crippen LogP contribution in [0.15, 0.2) is 0 Å². The lowest BCUT2D eigenvalue weighted by Gasteiger charge is -2.08. The Morgan fingerprint density at radius 1 is 0.762 bits per heavy atom. The van der Waals surface area contributed by atoms with Crippen molar-refractivity contribution in [1.82, 2.24) is 10.8 Å². The van der Waals surface area contributed by atoms with Crippen LogP contribution in [0.1, 0.15) is 90.4 Å². The summed E-state index contributed by atoms with van der Waals surface area (Å²) in [5.74, 6) is 0.122. The summed E-state index contributed by atoms with van der Waals surface area (Å²) in [7, 11) is 0. The minimum absolute atomic E-state index is 0.122. The fourth-order valence-electron chi connectivity index (χ4n) is 2.43. The van der Waals surface area contributed by atoms with Crippen LogP contribution in [0.4, 0.5) is 0 Å². The van der Waals surface area contributed by atoms with E-state index in [1.807, 2.05) is 5.48 Å². The quantitative estimate of drug-likeness (QED) is 0.330. The zero-order valence-electron chi connectivity index (χ0n) is 13.9. The van der Waals surface area contributed by atoms with Gasteiger partial charge < -0.3 is 16.0 Å². The molecule has 0 spiro atoms. The van der Waals surface area contributed by atoms with Crippen LogP contribution in [-0.4, -0.2) is 19.0 Å². The van der Waals surface area contributed by atoms with Gasteiger partial charge in [-0.05, 0) is 19.4 Å². The van der Waals surface area contributed by atoms with Crippen molar-refractivity contribution >= 4 is 5.91 Å². The van der Waals surface area contributed by atoms with E-state index >= 15 is 0 Å². The van der Waals surface area contributed by atoms with E-state index in [-0.39, 0.29) is 5.91 Å². The van der Waals surface area contributed by atoms with E-state index in [2.05, 4.69) is 12.2 Å². The molecule has 2 N–H and O–H groups in total. The first-order valence-corrected chi connectivity index (χ1v) is 8.93. The third kappa shape index (κ3) is 17.3. The average molecular weight is 299 g/mol. The lowest BCUT2D eigenvalue weighted by atomic mass is 10.1. The molecule has 0 aliphatic carbocycles. The monoisotopic (exact) mass is 299 g/mol. The van der Waals surface area contributed by atoms with Crippen molar-refractivity contribution in [2.45, 2.75) is 90.4 Å². The highest BCUT2D eigenvalue weighted by molar-refractivity contribution is 5.75. The third-order valence-electron chi connectivity index (χ3n) is 3.79. The summed E-state index contributed by atoms with van der Waals surface area (Å²) < 4.78 is 0. The maximum atomic E-state index is 11.5. The number of hydrogen-bond acceptors (Lipinski definition) is 3. The molecule has 0 aromatic heterocycles. The third-order valence-corrected chi connectivity index (χ3v) is 3.79. The van der Waals surface area contributed by atoms with Gasteiger partial charge in [0, 0.05) is 13.0 Å². The lowest BCUT2D eigenvalue weighted by Crippen LogP contribution is -2.25. The highest BCUT2D eigenvalue weighted by Crippen LogP contribution is 2.11. The van der Waals surface area contributed by atoms with Crippen LogP contribution < -0.4 is 10.8 Å². The molecule has 0 saturated heterocycles. The zero-order valence-corrected chi connectivity index (χ0v) is 13.9. The Kier molecular flexibility index (Phi) is 16.9. The molecule has 4 heteroatoms. The summed E-state index contributed by atoms with van der Waals surface area (Å²) in [5.41, 5.74) is 1.83. The van der Waals surface area contributed by atoms with Crippen molar-refractivity contribution in [3.8, 4) is 0 Å². The Morgan fingerprint density at radius 2 is 1.29 bits per heavy atom. The molecule has 0 fully saturated rings. The fraction of sp³-hybridized carbons (Fsp3) is 0.941. The summed E-state index contributed by atoms with van der Waals surface area (Å²) in [6.07, 6.45) is 15.7. The maximum Gasteiger partial charge on any atom is 0.219 e. The van der Waals surface area contributed by atoms with E-state index in [9.17, 15) is 10.0 Å². The highest BCUT2D eigenvalue weighted by atomic mass is 16.5. The summed E-state index contributed by atoms with van der Waals surface area (Å²) in [4.78, 5) is 11.5. The van der Waals surface area contributed by atoms with Gasteiger partial charge in [-0.25, -0.2) is 0 Å². The van der Waals surface area contributed by atoms with Gasteiger partial charge in [0.2, 0.25) is 5.91 Å². The van der Waals surface area contributed by atoms with E-state index in [4.69, 9.17) is 0 Å². The predicted octanol–water partition coefficient (Wildman–Crippen LogP) is 4.28. The maximum absolute atomic E-state index is 11.5. The molecule has 4 nitrogen and oxygen atoms in total. The second kappa shape index (κ2) is 17.4. The molecule has 21 heavy (non-hydrogen) atoms. The van der Waals surface area contributed by atoms with Crippen LogP contribution in [0.5, 0.6) is 0 Å². The summed E-state index contributed by atoms with van der Waals surface area (Å²) in [5, 5.41) is 12.8. The molecular formula is C17H35N2O2-. The molecule has 0 bridgehead atoms. The number of nitrogens with one attached hydrogen (secondary N) is 2. The lowest BCUT2D eigenvalue weighted by molar-refractivity contribution is -0.121. The minimum atomic E-state index is 0.122. The van der Waals surface area contributed by atoms with E-state index in [0.29, 0.717) is 25.9 Å². The van der Waals surface area contributed by atoms with E-state index in [1.54, 1.807) is 0 Å². The van der Waals surface area contributed by atoms with Gasteiger partial charge >= 0.3 is 0 Å². The Balaban J connectivity index is 3.09. The van der Waals surface area contributed by atoms with Gasteiger partial charge in [0.05, 0.1) is 0 Å². The van der Waals surface area contributed by atoms with Gasteiger partial charge in [-0.3, -0.25) is 4.79 Å². The Hall–Kier alpha value is -0.610. The first-order chi connectivity index (χ1) is 10.3. The number of rotatable bonds is 16. The standard InChI is InChI=1S/C17H35N2O2/c1-2-3-4-5-6-7-8-9-10-11-12-14-17(20)18-15-13-16-19-21/h19H,2-16H2,1H3,(H,18,20)/q-1. The van der Waals surface area contributed by atoms with Gasteiger partial charge in [-0.1, -0.05) is 71.1 Å². The van der Waals surface area contributed by atoms with Gasteiger partial charge in [0.15, 0.2) is 0 Å². The first-order valence-electron chi connectivity index (χ1n) is 8.93. The van der Waals surface area contributed by atoms with Crippen LogP contribution in [0.25, 0.3) is 0 Å². The number of unbranched alkanes of at least 4 members (excludes halogenated alkanes) is 10. The molecule has 1 amide bonds. The van der Waals surface area contributed by atoms with Crippen LogP contribution in [0, 0.1) is 5.21 Å². The second-order valence-corrected chi connectivity index (χ2v) is 5.88. The van der Waals surface area contributed by atoms with Crippen LogP contribution in [0.2, 0.25) is 0 Å². The van der Waals surface area contributed by atoms with Gasteiger partial charge in [0.1, 0.15) is 0 Å². The van der Waals surface area contributed by atoms with E-state index < -0.39 is 0 Å². The van der Waals surface area contributed by atoms with Crippen molar-refractivity contribution in [3.05, 3.63) is 5.21 Å². The molecule has 0 saturated carbocycles. The van der Waals surface area contributed by atoms with Crippen LogP contribution in [0.3, 0.4) is 0 Å². The zero-order chi connectivity index (χ0) is 15.6. The predicted molar refractivity (Wildman–Crippen MR) is 90.1 cm³/mol. The SMILES string of the molecule is CCCCCCCCCCCCCC(=O)NCCCN[O-]. The topological polar surface area (TPSA) is 64.2 Å². The van der Waals surface area contributed by atoms with Crippen molar-refractivity contribution in [2.75, 3.05) is 13.1 Å². The Bertz CT molecular complexity index is 223. The van der Waals surface area contributed by atoms with Gasteiger partial charge in [-0.15, -0.1) is 0 Å². The second-order valence-electron chi connectivity index (χ2n) is 5.88. The molecule has 0 aromatic rings. The smallest absolute Gasteiger partial charge is 0.219 e.